The maximum Gasteiger partial charge on any atom is 0.181 e. The molecule has 0 spiro atoms. The third kappa shape index (κ3) is 4.50. The minimum atomic E-state index is -0.282. The molecule has 0 unspecified atom stereocenters. The van der Waals surface area contributed by atoms with Gasteiger partial charge in [-0.1, -0.05) is 12.5 Å². The number of fused-ring (bicyclic) bond motifs is 2. The van der Waals surface area contributed by atoms with Gasteiger partial charge in [0, 0.05) is 35.3 Å². The zero-order chi connectivity index (χ0) is 26.3. The van der Waals surface area contributed by atoms with Crippen LogP contribution >= 0.6 is 0 Å². The van der Waals surface area contributed by atoms with Crippen LogP contribution in [-0.2, 0) is 0 Å². The van der Waals surface area contributed by atoms with Crippen molar-refractivity contribution >= 4 is 22.2 Å². The first-order valence-electron chi connectivity index (χ1n) is 13.2. The quantitative estimate of drug-likeness (QED) is 0.260. The number of ether oxygens (including phenoxy) is 1. The van der Waals surface area contributed by atoms with Crippen molar-refractivity contribution in [2.45, 2.75) is 45.1 Å². The van der Waals surface area contributed by atoms with Crippen molar-refractivity contribution in [2.75, 3.05) is 0 Å². The number of nitrogens with one attached hydrogen (secondary N) is 2. The molecule has 1 fully saturated rings. The van der Waals surface area contributed by atoms with Gasteiger partial charge in [0.15, 0.2) is 17.1 Å². The normalized spacial score (nSPS) is 14.3. The van der Waals surface area contributed by atoms with Gasteiger partial charge in [-0.2, -0.15) is 5.10 Å². The molecule has 2 N–H and O–H groups in total. The predicted octanol–water partition coefficient (Wildman–Crippen LogP) is 6.78. The van der Waals surface area contributed by atoms with Crippen molar-refractivity contribution < 1.29 is 9.13 Å². The number of halogens is 1. The molecule has 5 aromatic heterocycles. The van der Waals surface area contributed by atoms with Crippen LogP contribution in [0.2, 0.25) is 0 Å². The van der Waals surface area contributed by atoms with E-state index in [9.17, 15) is 4.39 Å². The number of imidazole rings is 1. The highest BCUT2D eigenvalue weighted by atomic mass is 19.1. The molecule has 1 saturated carbocycles. The van der Waals surface area contributed by atoms with Gasteiger partial charge in [0.1, 0.15) is 17.3 Å². The third-order valence-electron chi connectivity index (χ3n) is 7.29. The van der Waals surface area contributed by atoms with E-state index in [-0.39, 0.29) is 11.9 Å². The van der Waals surface area contributed by atoms with Crippen molar-refractivity contribution in [1.29, 1.82) is 0 Å². The Labute approximate surface area is 223 Å². The first kappa shape index (κ1) is 23.5. The number of aromatic nitrogens is 7. The number of aromatic amines is 2. The van der Waals surface area contributed by atoms with Crippen LogP contribution < -0.4 is 4.74 Å². The summed E-state index contributed by atoms with van der Waals surface area (Å²) in [5.74, 6) is 1.07. The van der Waals surface area contributed by atoms with Gasteiger partial charge in [0.25, 0.3) is 0 Å². The van der Waals surface area contributed by atoms with Crippen LogP contribution in [0.4, 0.5) is 4.39 Å². The summed E-state index contributed by atoms with van der Waals surface area (Å²) < 4.78 is 20.4. The van der Waals surface area contributed by atoms with E-state index in [1.807, 2.05) is 37.4 Å². The molecule has 1 aromatic carbocycles. The van der Waals surface area contributed by atoms with Gasteiger partial charge in [-0.15, -0.1) is 0 Å². The largest absolute Gasteiger partial charge is 0.489 e. The van der Waals surface area contributed by atoms with Gasteiger partial charge in [0.2, 0.25) is 0 Å². The molecule has 39 heavy (non-hydrogen) atoms. The summed E-state index contributed by atoms with van der Waals surface area (Å²) in [6.07, 6.45) is 13.2. The van der Waals surface area contributed by atoms with Crippen molar-refractivity contribution in [1.82, 2.24) is 35.1 Å². The average Bonchev–Trinajstić information content (AvgIpc) is 3.57. The van der Waals surface area contributed by atoms with Crippen molar-refractivity contribution in [3.05, 3.63) is 72.6 Å². The molecular formula is C30H26FN7O. The van der Waals surface area contributed by atoms with Gasteiger partial charge in [0.05, 0.1) is 23.2 Å². The van der Waals surface area contributed by atoms with Crippen LogP contribution in [0, 0.1) is 12.7 Å². The minimum Gasteiger partial charge on any atom is -0.489 e. The number of pyridine rings is 3. The fourth-order valence-electron chi connectivity index (χ4n) is 5.42. The van der Waals surface area contributed by atoms with Crippen LogP contribution in [-0.4, -0.2) is 41.2 Å². The van der Waals surface area contributed by atoms with E-state index in [1.165, 1.54) is 31.4 Å². The van der Waals surface area contributed by atoms with E-state index >= 15 is 0 Å². The highest BCUT2D eigenvalue weighted by molar-refractivity contribution is 5.96. The zero-order valence-corrected chi connectivity index (χ0v) is 21.4. The highest BCUT2D eigenvalue weighted by Gasteiger charge is 2.18. The van der Waals surface area contributed by atoms with Gasteiger partial charge in [-0.05, 0) is 74.1 Å². The second kappa shape index (κ2) is 9.58. The maximum absolute atomic E-state index is 14.2. The zero-order valence-electron chi connectivity index (χ0n) is 21.4. The summed E-state index contributed by atoms with van der Waals surface area (Å²) in [6.45, 7) is 1.87. The standard InChI is InChI=1S/C30H26FN7O/c1-17-9-18(11-21(31)10-17)24-7-8-33-29-26(24)35-30(36-29)27-25-13-20(15-34-28(25)38-37-27)19-12-23(16-32-14-19)39-22-5-3-2-4-6-22/h7-16,22H,2-6H2,1H3,(H,33,35,36)(H,34,37,38). The van der Waals surface area contributed by atoms with Gasteiger partial charge in [-0.25, -0.2) is 19.3 Å². The maximum atomic E-state index is 14.2. The number of nitrogens with zero attached hydrogens (tertiary/aromatic N) is 5. The lowest BCUT2D eigenvalue weighted by molar-refractivity contribution is 0.154. The predicted molar refractivity (Wildman–Crippen MR) is 148 cm³/mol. The van der Waals surface area contributed by atoms with E-state index in [1.54, 1.807) is 18.6 Å². The Morgan fingerprint density at radius 2 is 1.77 bits per heavy atom. The van der Waals surface area contributed by atoms with E-state index in [0.717, 1.165) is 57.3 Å². The molecule has 0 amide bonds. The van der Waals surface area contributed by atoms with Crippen molar-refractivity contribution in [3.8, 4) is 39.5 Å². The summed E-state index contributed by atoms with van der Waals surface area (Å²) in [6, 6.07) is 10.9. The molecule has 0 aliphatic heterocycles. The molecule has 0 saturated heterocycles. The molecule has 5 heterocycles. The van der Waals surface area contributed by atoms with E-state index in [4.69, 9.17) is 9.72 Å². The molecule has 9 heteroatoms. The lowest BCUT2D eigenvalue weighted by Gasteiger charge is -2.23. The Morgan fingerprint density at radius 3 is 2.64 bits per heavy atom. The molecular weight excluding hydrogens is 493 g/mol. The molecule has 6 aromatic rings. The molecule has 0 atom stereocenters. The minimum absolute atomic E-state index is 0.250. The number of benzene rings is 1. The Morgan fingerprint density at radius 1 is 0.897 bits per heavy atom. The summed E-state index contributed by atoms with van der Waals surface area (Å²) in [5, 5.41) is 8.28. The Balaban J connectivity index is 1.26. The summed E-state index contributed by atoms with van der Waals surface area (Å²) in [5.41, 5.74) is 6.77. The second-order valence-corrected chi connectivity index (χ2v) is 10.1. The molecule has 0 bridgehead atoms. The number of hydrogen-bond acceptors (Lipinski definition) is 6. The number of hydrogen-bond donors (Lipinski definition) is 2. The van der Waals surface area contributed by atoms with Crippen LogP contribution in [0.25, 0.3) is 56.0 Å². The Hall–Kier alpha value is -4.66. The number of rotatable bonds is 5. The van der Waals surface area contributed by atoms with E-state index < -0.39 is 0 Å². The van der Waals surface area contributed by atoms with E-state index in [0.29, 0.717) is 22.8 Å². The van der Waals surface area contributed by atoms with Crippen molar-refractivity contribution in [3.63, 3.8) is 0 Å². The summed E-state index contributed by atoms with van der Waals surface area (Å²) in [4.78, 5) is 21.5. The molecule has 1 aliphatic rings. The Bertz CT molecular complexity index is 1800. The third-order valence-corrected chi connectivity index (χ3v) is 7.29. The molecule has 8 nitrogen and oxygen atoms in total. The van der Waals surface area contributed by atoms with Crippen LogP contribution in [0.3, 0.4) is 0 Å². The van der Waals surface area contributed by atoms with Gasteiger partial charge >= 0.3 is 0 Å². The second-order valence-electron chi connectivity index (χ2n) is 10.1. The van der Waals surface area contributed by atoms with Crippen LogP contribution in [0.15, 0.2) is 61.2 Å². The molecule has 0 radical (unpaired) electrons. The molecule has 1 aliphatic carbocycles. The number of H-pyrrole nitrogens is 2. The fraction of sp³-hybridized carbons (Fsp3) is 0.233. The number of aryl methyl sites for hydroxylation is 1. The SMILES string of the molecule is Cc1cc(F)cc(-c2ccnc3nc(-c4[nH]nc5ncc(-c6cncc(OC7CCCCC7)c6)cc45)[nH]c23)c1. The van der Waals surface area contributed by atoms with Gasteiger partial charge < -0.3 is 9.72 Å². The van der Waals surface area contributed by atoms with Crippen LogP contribution in [0.1, 0.15) is 37.7 Å². The fourth-order valence-corrected chi connectivity index (χ4v) is 5.42. The first-order chi connectivity index (χ1) is 19.1. The average molecular weight is 520 g/mol. The smallest absolute Gasteiger partial charge is 0.181 e. The van der Waals surface area contributed by atoms with Gasteiger partial charge in [-0.3, -0.25) is 10.1 Å². The first-order valence-corrected chi connectivity index (χ1v) is 13.2. The topological polar surface area (TPSA) is 105 Å². The lowest BCUT2D eigenvalue weighted by atomic mass is 9.98. The monoisotopic (exact) mass is 519 g/mol. The molecule has 7 rings (SSSR count). The Kier molecular flexibility index (Phi) is 5.76. The lowest BCUT2D eigenvalue weighted by Crippen LogP contribution is -2.19. The summed E-state index contributed by atoms with van der Waals surface area (Å²) in [7, 11) is 0. The highest BCUT2D eigenvalue weighted by Crippen LogP contribution is 2.33. The van der Waals surface area contributed by atoms with Crippen LogP contribution in [0.5, 0.6) is 5.75 Å². The van der Waals surface area contributed by atoms with E-state index in [2.05, 4.69) is 30.1 Å². The summed E-state index contributed by atoms with van der Waals surface area (Å²) >= 11 is 0. The van der Waals surface area contributed by atoms with Crippen molar-refractivity contribution in [2.24, 2.45) is 0 Å². The molecule has 194 valence electrons.